The zero-order valence-electron chi connectivity index (χ0n) is 17.1. The molecule has 1 aliphatic carbocycles. The molecule has 1 saturated carbocycles. The number of aliphatic hydroxyl groups excluding tert-OH is 1. The van der Waals surface area contributed by atoms with Crippen LogP contribution < -0.4 is 4.74 Å². The van der Waals surface area contributed by atoms with Crippen LogP contribution in [0.3, 0.4) is 0 Å². The molecule has 1 saturated heterocycles. The number of sulfonamides is 1. The van der Waals surface area contributed by atoms with E-state index < -0.39 is 16.1 Å². The SMILES string of the molecule is CCS(=O)(=O)N1CCN(CC(O)COc2ccc3c(nnn3CC3CC3)c2Br)CC1. The Hall–Kier alpha value is -1.27. The second-order valence-electron chi connectivity index (χ2n) is 8.03. The number of ether oxygens (including phenoxy) is 1. The van der Waals surface area contributed by atoms with Gasteiger partial charge in [0.05, 0.1) is 15.7 Å². The fraction of sp³-hybridized carbons (Fsp3) is 0.684. The molecule has 1 unspecified atom stereocenters. The van der Waals surface area contributed by atoms with Crippen molar-refractivity contribution in [3.05, 3.63) is 16.6 Å². The van der Waals surface area contributed by atoms with E-state index in [9.17, 15) is 13.5 Å². The molecule has 11 heteroatoms. The van der Waals surface area contributed by atoms with Crippen molar-refractivity contribution in [2.45, 2.75) is 32.4 Å². The predicted octanol–water partition coefficient (Wildman–Crippen LogP) is 1.31. The smallest absolute Gasteiger partial charge is 0.213 e. The van der Waals surface area contributed by atoms with Crippen molar-refractivity contribution in [1.29, 1.82) is 0 Å². The van der Waals surface area contributed by atoms with Gasteiger partial charge in [0.2, 0.25) is 10.0 Å². The topological polar surface area (TPSA) is 101 Å². The molecule has 1 aromatic heterocycles. The van der Waals surface area contributed by atoms with Crippen molar-refractivity contribution in [3.8, 4) is 5.75 Å². The molecule has 0 spiro atoms. The highest BCUT2D eigenvalue weighted by Gasteiger charge is 2.27. The number of benzene rings is 1. The van der Waals surface area contributed by atoms with Crippen LogP contribution in [0.4, 0.5) is 0 Å². The van der Waals surface area contributed by atoms with E-state index in [1.165, 1.54) is 17.1 Å². The van der Waals surface area contributed by atoms with Crippen molar-refractivity contribution in [2.24, 2.45) is 5.92 Å². The Morgan fingerprint density at radius 3 is 2.67 bits per heavy atom. The number of β-amino-alcohol motifs (C(OH)–C–C–N with tert-alkyl or cyclic N) is 1. The van der Waals surface area contributed by atoms with Crippen molar-refractivity contribution in [1.82, 2.24) is 24.2 Å². The molecule has 2 heterocycles. The predicted molar refractivity (Wildman–Crippen MR) is 117 cm³/mol. The van der Waals surface area contributed by atoms with Crippen LogP contribution in [0.1, 0.15) is 19.8 Å². The van der Waals surface area contributed by atoms with Gasteiger partial charge in [0.25, 0.3) is 0 Å². The molecule has 1 atom stereocenters. The number of piperazine rings is 1. The van der Waals surface area contributed by atoms with Crippen LogP contribution >= 0.6 is 15.9 Å². The van der Waals surface area contributed by atoms with Gasteiger partial charge in [0, 0.05) is 39.3 Å². The number of fused-ring (bicyclic) bond motifs is 1. The number of aliphatic hydroxyl groups is 1. The highest BCUT2D eigenvalue weighted by molar-refractivity contribution is 9.10. The fourth-order valence-corrected chi connectivity index (χ4v) is 5.30. The molecule has 2 fully saturated rings. The summed E-state index contributed by atoms with van der Waals surface area (Å²) in [6, 6.07) is 3.83. The number of hydrogen-bond acceptors (Lipinski definition) is 7. The third-order valence-corrected chi connectivity index (χ3v) is 8.36. The van der Waals surface area contributed by atoms with E-state index in [1.807, 2.05) is 16.8 Å². The molecule has 1 aliphatic heterocycles. The Labute approximate surface area is 185 Å². The normalized spacial score (nSPS) is 20.0. The lowest BCUT2D eigenvalue weighted by molar-refractivity contribution is 0.0567. The molecule has 30 heavy (non-hydrogen) atoms. The Balaban J connectivity index is 1.29. The first kappa shape index (κ1) is 21.9. The standard InChI is InChI=1S/C19H28BrN5O4S/c1-2-30(27,28)24-9-7-23(8-10-24)12-15(26)13-29-17-6-5-16-19(18(17)20)21-22-25(16)11-14-3-4-14/h5-6,14-15,26H,2-4,7-13H2,1H3. The lowest BCUT2D eigenvalue weighted by atomic mass is 10.2. The number of aromatic nitrogens is 3. The van der Waals surface area contributed by atoms with Crippen LogP contribution in [0.5, 0.6) is 5.75 Å². The summed E-state index contributed by atoms with van der Waals surface area (Å²) < 4.78 is 33.9. The van der Waals surface area contributed by atoms with Gasteiger partial charge in [-0.25, -0.2) is 13.1 Å². The molecule has 1 aromatic carbocycles. The molecule has 9 nitrogen and oxygen atoms in total. The van der Waals surface area contributed by atoms with Crippen LogP contribution in [0.15, 0.2) is 16.6 Å². The lowest BCUT2D eigenvalue weighted by Crippen LogP contribution is -2.51. The van der Waals surface area contributed by atoms with Gasteiger partial charge in [0.1, 0.15) is 24.0 Å². The monoisotopic (exact) mass is 501 g/mol. The van der Waals surface area contributed by atoms with Gasteiger partial charge < -0.3 is 9.84 Å². The summed E-state index contributed by atoms with van der Waals surface area (Å²) in [5.41, 5.74) is 1.73. The van der Waals surface area contributed by atoms with Gasteiger partial charge in [-0.2, -0.15) is 4.31 Å². The maximum absolute atomic E-state index is 11.9. The average molecular weight is 502 g/mol. The van der Waals surface area contributed by atoms with Crippen LogP contribution in [-0.2, 0) is 16.6 Å². The average Bonchev–Trinajstić information content (AvgIpc) is 3.46. The minimum absolute atomic E-state index is 0.122. The van der Waals surface area contributed by atoms with E-state index in [0.29, 0.717) is 44.4 Å². The van der Waals surface area contributed by atoms with Crippen LogP contribution in [-0.4, -0.2) is 88.9 Å². The minimum atomic E-state index is -3.14. The van der Waals surface area contributed by atoms with Gasteiger partial charge in [-0.1, -0.05) is 5.21 Å². The highest BCUT2D eigenvalue weighted by Crippen LogP contribution is 2.34. The largest absolute Gasteiger partial charge is 0.490 e. The van der Waals surface area contributed by atoms with Crippen LogP contribution in [0.25, 0.3) is 11.0 Å². The van der Waals surface area contributed by atoms with E-state index in [4.69, 9.17) is 4.74 Å². The van der Waals surface area contributed by atoms with Crippen molar-refractivity contribution in [3.63, 3.8) is 0 Å². The van der Waals surface area contributed by atoms with Gasteiger partial charge in [-0.05, 0) is 53.7 Å². The highest BCUT2D eigenvalue weighted by atomic mass is 79.9. The number of hydrogen-bond donors (Lipinski definition) is 1. The Kier molecular flexibility index (Phi) is 6.64. The third-order valence-electron chi connectivity index (χ3n) is 5.71. The molecule has 0 amide bonds. The van der Waals surface area contributed by atoms with Crippen molar-refractivity contribution in [2.75, 3.05) is 45.1 Å². The third kappa shape index (κ3) is 4.96. The molecule has 2 aliphatic rings. The maximum atomic E-state index is 11.9. The Morgan fingerprint density at radius 2 is 2.00 bits per heavy atom. The van der Waals surface area contributed by atoms with Gasteiger partial charge in [0.15, 0.2) is 0 Å². The zero-order chi connectivity index (χ0) is 21.3. The summed E-state index contributed by atoms with van der Waals surface area (Å²) in [5, 5.41) is 18.9. The summed E-state index contributed by atoms with van der Waals surface area (Å²) in [6.45, 7) is 5.28. The first-order valence-electron chi connectivity index (χ1n) is 10.4. The number of rotatable bonds is 9. The zero-order valence-corrected chi connectivity index (χ0v) is 19.5. The summed E-state index contributed by atoms with van der Waals surface area (Å²) in [6.07, 6.45) is 1.84. The maximum Gasteiger partial charge on any atom is 0.213 e. The first-order valence-corrected chi connectivity index (χ1v) is 12.8. The lowest BCUT2D eigenvalue weighted by Gasteiger charge is -2.34. The molecular formula is C19H28BrN5O4S. The summed E-state index contributed by atoms with van der Waals surface area (Å²) in [4.78, 5) is 2.07. The Bertz CT molecular complexity index is 986. The van der Waals surface area contributed by atoms with E-state index in [0.717, 1.165) is 22.1 Å². The van der Waals surface area contributed by atoms with Crippen molar-refractivity contribution < 1.29 is 18.3 Å². The summed E-state index contributed by atoms with van der Waals surface area (Å²) >= 11 is 3.56. The molecule has 1 N–H and O–H groups in total. The minimum Gasteiger partial charge on any atom is -0.490 e. The fourth-order valence-electron chi connectivity index (χ4n) is 3.69. The quantitative estimate of drug-likeness (QED) is 0.552. The molecule has 2 aromatic rings. The van der Waals surface area contributed by atoms with E-state index in [2.05, 4.69) is 31.1 Å². The van der Waals surface area contributed by atoms with E-state index in [1.54, 1.807) is 6.92 Å². The summed E-state index contributed by atoms with van der Waals surface area (Å²) in [5.74, 6) is 1.46. The second-order valence-corrected chi connectivity index (χ2v) is 11.1. The van der Waals surface area contributed by atoms with E-state index in [-0.39, 0.29) is 12.4 Å². The van der Waals surface area contributed by atoms with Gasteiger partial charge in [-0.15, -0.1) is 5.10 Å². The molecule has 0 bridgehead atoms. The van der Waals surface area contributed by atoms with E-state index >= 15 is 0 Å². The number of nitrogens with zero attached hydrogens (tertiary/aromatic N) is 5. The van der Waals surface area contributed by atoms with Crippen LogP contribution in [0, 0.1) is 5.92 Å². The second kappa shape index (κ2) is 9.07. The molecule has 0 radical (unpaired) electrons. The van der Waals surface area contributed by atoms with Crippen molar-refractivity contribution >= 4 is 37.0 Å². The van der Waals surface area contributed by atoms with Crippen LogP contribution in [0.2, 0.25) is 0 Å². The summed E-state index contributed by atoms with van der Waals surface area (Å²) in [7, 11) is -3.14. The number of halogens is 1. The Morgan fingerprint density at radius 1 is 1.27 bits per heavy atom. The first-order chi connectivity index (χ1) is 14.4. The van der Waals surface area contributed by atoms with Gasteiger partial charge in [-0.3, -0.25) is 4.90 Å². The molecule has 4 rings (SSSR count). The molecular weight excluding hydrogens is 474 g/mol. The molecule has 166 valence electrons. The van der Waals surface area contributed by atoms with Gasteiger partial charge >= 0.3 is 0 Å².